The summed E-state index contributed by atoms with van der Waals surface area (Å²) < 4.78 is 0. The molecule has 0 bridgehead atoms. The highest BCUT2D eigenvalue weighted by atomic mass is 35.5. The SMILES string of the molecule is CCCCc1ccc(NC(=O)c2cc(-c3ccc(Cl)cc3)nc3ccccc23)cc1. The van der Waals surface area contributed by atoms with Crippen LogP contribution in [0.1, 0.15) is 35.7 Å². The number of nitrogens with zero attached hydrogens (tertiary/aromatic N) is 1. The number of unbranched alkanes of at least 4 members (excludes halogenated alkanes) is 1. The predicted octanol–water partition coefficient (Wildman–Crippen LogP) is 7.15. The number of aryl methyl sites for hydroxylation is 1. The molecule has 150 valence electrons. The summed E-state index contributed by atoms with van der Waals surface area (Å²) in [6.45, 7) is 2.19. The highest BCUT2D eigenvalue weighted by molar-refractivity contribution is 6.30. The van der Waals surface area contributed by atoms with Gasteiger partial charge in [0.25, 0.3) is 5.91 Å². The van der Waals surface area contributed by atoms with Gasteiger partial charge in [-0.15, -0.1) is 0 Å². The van der Waals surface area contributed by atoms with Crippen molar-refractivity contribution in [1.29, 1.82) is 0 Å². The normalized spacial score (nSPS) is 10.9. The molecule has 3 aromatic carbocycles. The minimum Gasteiger partial charge on any atom is -0.322 e. The van der Waals surface area contributed by atoms with Crippen LogP contribution in [0.3, 0.4) is 0 Å². The number of carbonyl (C=O) groups excluding carboxylic acids is 1. The maximum absolute atomic E-state index is 13.2. The molecule has 0 saturated carbocycles. The van der Waals surface area contributed by atoms with Gasteiger partial charge in [0, 0.05) is 21.7 Å². The molecule has 1 heterocycles. The van der Waals surface area contributed by atoms with Crippen LogP contribution in [0.25, 0.3) is 22.2 Å². The molecule has 3 nitrogen and oxygen atoms in total. The van der Waals surface area contributed by atoms with Gasteiger partial charge in [-0.05, 0) is 54.8 Å². The van der Waals surface area contributed by atoms with Crippen LogP contribution < -0.4 is 5.32 Å². The summed E-state index contributed by atoms with van der Waals surface area (Å²) in [5.41, 5.74) is 5.11. The first kappa shape index (κ1) is 20.1. The Bertz CT molecular complexity index is 1170. The van der Waals surface area contributed by atoms with Crippen molar-refractivity contribution in [2.45, 2.75) is 26.2 Å². The van der Waals surface area contributed by atoms with Gasteiger partial charge in [-0.3, -0.25) is 4.79 Å². The van der Waals surface area contributed by atoms with Crippen LogP contribution in [-0.2, 0) is 6.42 Å². The maximum atomic E-state index is 13.2. The van der Waals surface area contributed by atoms with E-state index < -0.39 is 0 Å². The molecule has 0 fully saturated rings. The molecule has 0 radical (unpaired) electrons. The Labute approximate surface area is 181 Å². The molecule has 4 aromatic rings. The molecule has 4 rings (SSSR count). The molecule has 4 heteroatoms. The van der Waals surface area contributed by atoms with Crippen LogP contribution in [-0.4, -0.2) is 10.9 Å². The van der Waals surface area contributed by atoms with E-state index in [1.807, 2.05) is 66.7 Å². The smallest absolute Gasteiger partial charge is 0.256 e. The highest BCUT2D eigenvalue weighted by Crippen LogP contribution is 2.26. The maximum Gasteiger partial charge on any atom is 0.256 e. The predicted molar refractivity (Wildman–Crippen MR) is 125 cm³/mol. The summed E-state index contributed by atoms with van der Waals surface area (Å²) in [5.74, 6) is -0.148. The fourth-order valence-corrected chi connectivity index (χ4v) is 3.59. The Kier molecular flexibility index (Phi) is 6.10. The molecule has 0 atom stereocenters. The largest absolute Gasteiger partial charge is 0.322 e. The van der Waals surface area contributed by atoms with Crippen molar-refractivity contribution in [2.24, 2.45) is 0 Å². The van der Waals surface area contributed by atoms with Crippen LogP contribution in [0.5, 0.6) is 0 Å². The molecule has 0 aliphatic heterocycles. The Balaban J connectivity index is 1.66. The van der Waals surface area contributed by atoms with Crippen molar-refractivity contribution in [1.82, 2.24) is 4.98 Å². The standard InChI is InChI=1S/C26H23ClN2O/c1-2-3-6-18-9-15-21(16-10-18)28-26(30)23-17-25(19-11-13-20(27)14-12-19)29-24-8-5-4-7-22(23)24/h4-5,7-17H,2-3,6H2,1H3,(H,28,30). The zero-order valence-electron chi connectivity index (χ0n) is 16.9. The van der Waals surface area contributed by atoms with Crippen molar-refractivity contribution < 1.29 is 4.79 Å². The van der Waals surface area contributed by atoms with Gasteiger partial charge in [0.05, 0.1) is 16.8 Å². The molecule has 1 amide bonds. The van der Waals surface area contributed by atoms with E-state index in [0.29, 0.717) is 10.6 Å². The van der Waals surface area contributed by atoms with Crippen molar-refractivity contribution in [3.05, 3.63) is 95.0 Å². The van der Waals surface area contributed by atoms with Gasteiger partial charge in [0.2, 0.25) is 0 Å². The van der Waals surface area contributed by atoms with E-state index in [4.69, 9.17) is 16.6 Å². The lowest BCUT2D eigenvalue weighted by Gasteiger charge is -2.11. The molecule has 0 aliphatic rings. The monoisotopic (exact) mass is 414 g/mol. The fourth-order valence-electron chi connectivity index (χ4n) is 3.47. The third-order valence-corrected chi connectivity index (χ3v) is 5.38. The van der Waals surface area contributed by atoms with E-state index in [0.717, 1.165) is 34.3 Å². The highest BCUT2D eigenvalue weighted by Gasteiger charge is 2.14. The Morgan fingerprint density at radius 3 is 2.43 bits per heavy atom. The minimum atomic E-state index is -0.148. The Morgan fingerprint density at radius 2 is 1.70 bits per heavy atom. The second kappa shape index (κ2) is 9.10. The van der Waals surface area contributed by atoms with Gasteiger partial charge in [0.1, 0.15) is 0 Å². The van der Waals surface area contributed by atoms with Crippen LogP contribution in [0, 0.1) is 0 Å². The van der Waals surface area contributed by atoms with E-state index in [9.17, 15) is 4.79 Å². The van der Waals surface area contributed by atoms with Crippen LogP contribution in [0.15, 0.2) is 78.9 Å². The van der Waals surface area contributed by atoms with Gasteiger partial charge in [-0.1, -0.05) is 67.4 Å². The zero-order valence-corrected chi connectivity index (χ0v) is 17.6. The van der Waals surface area contributed by atoms with Gasteiger partial charge in [-0.25, -0.2) is 4.98 Å². The number of benzene rings is 3. The topological polar surface area (TPSA) is 42.0 Å². The van der Waals surface area contributed by atoms with E-state index in [2.05, 4.69) is 24.4 Å². The number of carbonyl (C=O) groups is 1. The third-order valence-electron chi connectivity index (χ3n) is 5.13. The lowest BCUT2D eigenvalue weighted by atomic mass is 10.0. The molecular formula is C26H23ClN2O. The summed E-state index contributed by atoms with van der Waals surface area (Å²) in [7, 11) is 0. The molecular weight excluding hydrogens is 392 g/mol. The average Bonchev–Trinajstić information content (AvgIpc) is 2.78. The lowest BCUT2D eigenvalue weighted by Crippen LogP contribution is -2.13. The molecule has 0 spiro atoms. The summed E-state index contributed by atoms with van der Waals surface area (Å²) in [4.78, 5) is 17.9. The number of halogens is 1. The number of nitrogens with one attached hydrogen (secondary N) is 1. The second-order valence-corrected chi connectivity index (χ2v) is 7.77. The molecule has 30 heavy (non-hydrogen) atoms. The van der Waals surface area contributed by atoms with Gasteiger partial charge in [0.15, 0.2) is 0 Å². The number of hydrogen-bond donors (Lipinski definition) is 1. The summed E-state index contributed by atoms with van der Waals surface area (Å²) in [5, 5.41) is 4.53. The number of aromatic nitrogens is 1. The fraction of sp³-hybridized carbons (Fsp3) is 0.154. The molecule has 0 aliphatic carbocycles. The summed E-state index contributed by atoms with van der Waals surface area (Å²) in [6, 6.07) is 25.1. The van der Waals surface area contributed by atoms with E-state index in [1.54, 1.807) is 0 Å². The molecule has 1 aromatic heterocycles. The average molecular weight is 415 g/mol. The van der Waals surface area contributed by atoms with Gasteiger partial charge >= 0.3 is 0 Å². The zero-order chi connectivity index (χ0) is 20.9. The summed E-state index contributed by atoms with van der Waals surface area (Å²) in [6.07, 6.45) is 3.40. The second-order valence-electron chi connectivity index (χ2n) is 7.33. The number of hydrogen-bond acceptors (Lipinski definition) is 2. The van der Waals surface area contributed by atoms with Gasteiger partial charge < -0.3 is 5.32 Å². The number of amides is 1. The first-order valence-corrected chi connectivity index (χ1v) is 10.6. The molecule has 0 unspecified atom stereocenters. The molecule has 0 saturated heterocycles. The number of para-hydroxylation sites is 1. The van der Waals surface area contributed by atoms with Crippen molar-refractivity contribution >= 4 is 34.1 Å². The van der Waals surface area contributed by atoms with Crippen LogP contribution in [0.2, 0.25) is 5.02 Å². The third kappa shape index (κ3) is 4.52. The first-order chi connectivity index (χ1) is 14.6. The number of fused-ring (bicyclic) bond motifs is 1. The Morgan fingerprint density at radius 1 is 0.967 bits per heavy atom. The van der Waals surface area contributed by atoms with E-state index in [1.165, 1.54) is 18.4 Å². The van der Waals surface area contributed by atoms with Crippen LogP contribution in [0.4, 0.5) is 5.69 Å². The quantitative estimate of drug-likeness (QED) is 0.364. The number of pyridine rings is 1. The Hall–Kier alpha value is -3.17. The number of rotatable bonds is 6. The van der Waals surface area contributed by atoms with Gasteiger partial charge in [-0.2, -0.15) is 0 Å². The van der Waals surface area contributed by atoms with Crippen molar-refractivity contribution in [2.75, 3.05) is 5.32 Å². The minimum absolute atomic E-state index is 0.148. The first-order valence-electron chi connectivity index (χ1n) is 10.2. The molecule has 1 N–H and O–H groups in total. The van der Waals surface area contributed by atoms with Crippen LogP contribution >= 0.6 is 11.6 Å². The summed E-state index contributed by atoms with van der Waals surface area (Å²) >= 11 is 6.02. The van der Waals surface area contributed by atoms with Crippen molar-refractivity contribution in [3.8, 4) is 11.3 Å². The van der Waals surface area contributed by atoms with E-state index >= 15 is 0 Å². The van der Waals surface area contributed by atoms with Crippen molar-refractivity contribution in [3.63, 3.8) is 0 Å². The van der Waals surface area contributed by atoms with E-state index in [-0.39, 0.29) is 5.91 Å². The number of anilines is 1. The lowest BCUT2D eigenvalue weighted by molar-refractivity contribution is 0.102.